The fourth-order valence-electron chi connectivity index (χ4n) is 1.76. The summed E-state index contributed by atoms with van der Waals surface area (Å²) in [7, 11) is 0. The number of anilines is 1. The summed E-state index contributed by atoms with van der Waals surface area (Å²) in [4.78, 5) is 4.34. The highest BCUT2D eigenvalue weighted by atomic mass is 14.9. The first-order valence-electron chi connectivity index (χ1n) is 4.78. The molecule has 1 saturated heterocycles. The van der Waals surface area contributed by atoms with E-state index in [4.69, 9.17) is 5.73 Å². The molecule has 0 spiro atoms. The maximum atomic E-state index is 5.58. The number of nitrogens with one attached hydrogen (secondary N) is 1. The van der Waals surface area contributed by atoms with Crippen molar-refractivity contribution < 1.29 is 0 Å². The van der Waals surface area contributed by atoms with Gasteiger partial charge in [0.05, 0.1) is 11.9 Å². The predicted molar refractivity (Wildman–Crippen MR) is 53.5 cm³/mol. The van der Waals surface area contributed by atoms with Crippen molar-refractivity contribution in [1.82, 2.24) is 10.3 Å². The zero-order valence-electron chi connectivity index (χ0n) is 7.66. The summed E-state index contributed by atoms with van der Waals surface area (Å²) >= 11 is 0. The van der Waals surface area contributed by atoms with Crippen LogP contribution in [-0.2, 0) is 0 Å². The number of hydrogen-bond acceptors (Lipinski definition) is 3. The number of aromatic nitrogens is 1. The number of nitrogens with two attached hydrogens (primary N) is 1. The summed E-state index contributed by atoms with van der Waals surface area (Å²) in [6.07, 6.45) is 4.23. The fraction of sp³-hybridized carbons (Fsp3) is 0.500. The van der Waals surface area contributed by atoms with E-state index in [0.29, 0.717) is 5.92 Å². The molecule has 70 valence electrons. The largest absolute Gasteiger partial charge is 0.397 e. The first kappa shape index (κ1) is 8.51. The van der Waals surface area contributed by atoms with E-state index in [1.54, 1.807) is 6.20 Å². The monoisotopic (exact) mass is 177 g/mol. The molecule has 1 aromatic rings. The van der Waals surface area contributed by atoms with E-state index in [1.165, 1.54) is 18.5 Å². The van der Waals surface area contributed by atoms with Crippen molar-refractivity contribution in [2.45, 2.75) is 18.8 Å². The van der Waals surface area contributed by atoms with Crippen molar-refractivity contribution in [3.63, 3.8) is 0 Å². The fourth-order valence-corrected chi connectivity index (χ4v) is 1.76. The molecule has 0 amide bonds. The smallest absolute Gasteiger partial charge is 0.0501 e. The Morgan fingerprint density at radius 2 is 2.38 bits per heavy atom. The Labute approximate surface area is 78.4 Å². The second kappa shape index (κ2) is 3.75. The van der Waals surface area contributed by atoms with Gasteiger partial charge >= 0.3 is 0 Å². The molecule has 0 saturated carbocycles. The number of nitrogen functional groups attached to an aromatic ring is 1. The van der Waals surface area contributed by atoms with Crippen LogP contribution in [0.1, 0.15) is 24.5 Å². The molecule has 3 nitrogen and oxygen atoms in total. The summed E-state index contributed by atoms with van der Waals surface area (Å²) in [5, 5.41) is 3.38. The van der Waals surface area contributed by atoms with Crippen molar-refractivity contribution in [2.75, 3.05) is 18.8 Å². The zero-order valence-corrected chi connectivity index (χ0v) is 7.66. The average Bonchev–Trinajstić information content (AvgIpc) is 2.20. The molecule has 2 rings (SSSR count). The van der Waals surface area contributed by atoms with Gasteiger partial charge in [0.15, 0.2) is 0 Å². The van der Waals surface area contributed by atoms with Gasteiger partial charge in [-0.3, -0.25) is 4.98 Å². The molecule has 0 aromatic carbocycles. The van der Waals surface area contributed by atoms with Gasteiger partial charge in [-0.05, 0) is 31.5 Å². The molecule has 1 aliphatic rings. The van der Waals surface area contributed by atoms with Gasteiger partial charge in [0.25, 0.3) is 0 Å². The molecule has 0 aliphatic carbocycles. The van der Waals surface area contributed by atoms with Crippen molar-refractivity contribution in [3.05, 3.63) is 24.0 Å². The van der Waals surface area contributed by atoms with Crippen molar-refractivity contribution >= 4 is 5.69 Å². The molecular weight excluding hydrogens is 162 g/mol. The minimum atomic E-state index is 0.578. The van der Waals surface area contributed by atoms with Crippen LogP contribution in [0.4, 0.5) is 5.69 Å². The Balaban J connectivity index is 2.10. The lowest BCUT2D eigenvalue weighted by molar-refractivity contribution is 0.455. The molecule has 1 atom stereocenters. The normalized spacial score (nSPS) is 22.9. The van der Waals surface area contributed by atoms with Gasteiger partial charge in [-0.25, -0.2) is 0 Å². The lowest BCUT2D eigenvalue weighted by Gasteiger charge is -2.22. The lowest BCUT2D eigenvalue weighted by Crippen LogP contribution is -2.28. The summed E-state index contributed by atoms with van der Waals surface area (Å²) < 4.78 is 0. The molecule has 1 aromatic heterocycles. The molecule has 3 N–H and O–H groups in total. The molecule has 0 bridgehead atoms. The number of piperidine rings is 1. The predicted octanol–water partition coefficient (Wildman–Crippen LogP) is 1.13. The van der Waals surface area contributed by atoms with E-state index in [9.17, 15) is 0 Å². The average molecular weight is 177 g/mol. The molecule has 3 heteroatoms. The third kappa shape index (κ3) is 1.98. The second-order valence-corrected chi connectivity index (χ2v) is 3.56. The summed E-state index contributed by atoms with van der Waals surface area (Å²) in [5.41, 5.74) is 7.49. The third-order valence-corrected chi connectivity index (χ3v) is 2.52. The Kier molecular flexibility index (Phi) is 2.45. The van der Waals surface area contributed by atoms with Crippen LogP contribution in [0.5, 0.6) is 0 Å². The van der Waals surface area contributed by atoms with Crippen LogP contribution in [0.25, 0.3) is 0 Å². The summed E-state index contributed by atoms with van der Waals surface area (Å²) in [5.74, 6) is 0.578. The van der Waals surface area contributed by atoms with Crippen molar-refractivity contribution in [1.29, 1.82) is 0 Å². The molecule has 2 heterocycles. The van der Waals surface area contributed by atoms with Crippen LogP contribution in [0, 0.1) is 0 Å². The standard InChI is InChI=1S/C10H15N3/c11-9-3-4-10(13-7-9)8-2-1-5-12-6-8/h3-4,7-8,12H,1-2,5-6,11H2/t8-/m0/s1. The summed E-state index contributed by atoms with van der Waals surface area (Å²) in [6, 6.07) is 3.96. The van der Waals surface area contributed by atoms with Gasteiger partial charge in [-0.1, -0.05) is 0 Å². The third-order valence-electron chi connectivity index (χ3n) is 2.52. The quantitative estimate of drug-likeness (QED) is 0.676. The van der Waals surface area contributed by atoms with E-state index in [-0.39, 0.29) is 0 Å². The Bertz CT molecular complexity index is 262. The van der Waals surface area contributed by atoms with Gasteiger partial charge < -0.3 is 11.1 Å². The highest BCUT2D eigenvalue weighted by Gasteiger charge is 2.15. The molecule has 0 radical (unpaired) electrons. The first-order valence-corrected chi connectivity index (χ1v) is 4.78. The zero-order chi connectivity index (χ0) is 9.10. The topological polar surface area (TPSA) is 50.9 Å². The van der Waals surface area contributed by atoms with Gasteiger partial charge in [0, 0.05) is 18.2 Å². The van der Waals surface area contributed by atoms with E-state index < -0.39 is 0 Å². The number of hydrogen-bond donors (Lipinski definition) is 2. The first-order chi connectivity index (χ1) is 6.36. The van der Waals surface area contributed by atoms with Gasteiger partial charge in [0.1, 0.15) is 0 Å². The van der Waals surface area contributed by atoms with Crippen LogP contribution < -0.4 is 11.1 Å². The van der Waals surface area contributed by atoms with Crippen LogP contribution >= 0.6 is 0 Å². The molecule has 1 fully saturated rings. The van der Waals surface area contributed by atoms with Crippen LogP contribution in [-0.4, -0.2) is 18.1 Å². The van der Waals surface area contributed by atoms with Gasteiger partial charge in [0.2, 0.25) is 0 Å². The van der Waals surface area contributed by atoms with E-state index in [1.807, 2.05) is 12.1 Å². The molecule has 0 unspecified atom stereocenters. The lowest BCUT2D eigenvalue weighted by atomic mass is 9.96. The Hall–Kier alpha value is -1.09. The van der Waals surface area contributed by atoms with Crippen molar-refractivity contribution in [2.24, 2.45) is 0 Å². The number of pyridine rings is 1. The van der Waals surface area contributed by atoms with Crippen LogP contribution in [0.15, 0.2) is 18.3 Å². The SMILES string of the molecule is Nc1ccc([C@H]2CCCNC2)nc1. The molecule has 1 aliphatic heterocycles. The number of rotatable bonds is 1. The maximum absolute atomic E-state index is 5.58. The highest BCUT2D eigenvalue weighted by Crippen LogP contribution is 2.21. The van der Waals surface area contributed by atoms with E-state index in [2.05, 4.69) is 10.3 Å². The van der Waals surface area contributed by atoms with Gasteiger partial charge in [-0.15, -0.1) is 0 Å². The number of nitrogens with zero attached hydrogens (tertiary/aromatic N) is 1. The highest BCUT2D eigenvalue weighted by molar-refractivity contribution is 5.35. The van der Waals surface area contributed by atoms with E-state index in [0.717, 1.165) is 18.8 Å². The Morgan fingerprint density at radius 3 is 3.00 bits per heavy atom. The van der Waals surface area contributed by atoms with Gasteiger partial charge in [-0.2, -0.15) is 0 Å². The molecule has 13 heavy (non-hydrogen) atoms. The van der Waals surface area contributed by atoms with Crippen molar-refractivity contribution in [3.8, 4) is 0 Å². The van der Waals surface area contributed by atoms with Crippen LogP contribution in [0.2, 0.25) is 0 Å². The second-order valence-electron chi connectivity index (χ2n) is 3.56. The minimum absolute atomic E-state index is 0.578. The summed E-state index contributed by atoms with van der Waals surface area (Å²) in [6.45, 7) is 2.20. The molecular formula is C10H15N3. The van der Waals surface area contributed by atoms with E-state index >= 15 is 0 Å². The Morgan fingerprint density at radius 1 is 1.46 bits per heavy atom. The maximum Gasteiger partial charge on any atom is 0.0501 e. The van der Waals surface area contributed by atoms with Crippen LogP contribution in [0.3, 0.4) is 0 Å². The minimum Gasteiger partial charge on any atom is -0.397 e.